The lowest BCUT2D eigenvalue weighted by molar-refractivity contribution is -0.143. The van der Waals surface area contributed by atoms with Gasteiger partial charge in [0.15, 0.2) is 11.5 Å². The van der Waals surface area contributed by atoms with E-state index in [2.05, 4.69) is 4.90 Å². The number of hydrogen-bond donors (Lipinski definition) is 1. The minimum absolute atomic E-state index is 0.140. The summed E-state index contributed by atoms with van der Waals surface area (Å²) >= 11 is 12.7. The van der Waals surface area contributed by atoms with Gasteiger partial charge in [0.25, 0.3) is 0 Å². The number of piperidine rings is 1. The molecule has 1 N–H and O–H groups in total. The number of halogens is 2. The Kier molecular flexibility index (Phi) is 7.28. The zero-order valence-electron chi connectivity index (χ0n) is 16.5. The van der Waals surface area contributed by atoms with E-state index in [-0.39, 0.29) is 12.0 Å². The highest BCUT2D eigenvalue weighted by molar-refractivity contribution is 6.35. The molecule has 1 atom stereocenters. The molecule has 1 heterocycles. The van der Waals surface area contributed by atoms with Gasteiger partial charge in [-0.1, -0.05) is 35.3 Å². The number of rotatable bonds is 7. The molecule has 1 fully saturated rings. The molecule has 1 unspecified atom stereocenters. The summed E-state index contributed by atoms with van der Waals surface area (Å²) in [7, 11) is 1.62. The van der Waals surface area contributed by atoms with Crippen LogP contribution < -0.4 is 9.47 Å². The molecule has 1 saturated heterocycles. The van der Waals surface area contributed by atoms with E-state index in [1.807, 2.05) is 37.3 Å². The summed E-state index contributed by atoms with van der Waals surface area (Å²) in [5.41, 5.74) is 1.93. The molecule has 0 saturated carbocycles. The Morgan fingerprint density at radius 3 is 2.48 bits per heavy atom. The average Bonchev–Trinajstić information content (AvgIpc) is 2.71. The fourth-order valence-corrected chi connectivity index (χ4v) is 4.36. The largest absolute Gasteiger partial charge is 0.493 e. The van der Waals surface area contributed by atoms with Gasteiger partial charge in [0.1, 0.15) is 0 Å². The van der Waals surface area contributed by atoms with E-state index in [1.54, 1.807) is 13.2 Å². The fraction of sp³-hybridized carbons (Fsp3) is 0.409. The molecule has 0 spiro atoms. The van der Waals surface area contributed by atoms with E-state index < -0.39 is 5.97 Å². The first kappa shape index (κ1) is 21.8. The van der Waals surface area contributed by atoms with Crippen molar-refractivity contribution >= 4 is 29.2 Å². The first-order valence-corrected chi connectivity index (χ1v) is 10.4. The summed E-state index contributed by atoms with van der Waals surface area (Å²) in [6.45, 7) is 3.80. The number of methoxy groups -OCH3 is 1. The topological polar surface area (TPSA) is 59.0 Å². The molecule has 29 heavy (non-hydrogen) atoms. The van der Waals surface area contributed by atoms with Crippen LogP contribution in [0.5, 0.6) is 11.5 Å². The van der Waals surface area contributed by atoms with Crippen LogP contribution in [0.4, 0.5) is 0 Å². The maximum absolute atomic E-state index is 11.4. The van der Waals surface area contributed by atoms with Crippen molar-refractivity contribution in [2.45, 2.75) is 25.8 Å². The summed E-state index contributed by atoms with van der Waals surface area (Å²) in [6.07, 6.45) is 1.20. The lowest BCUT2D eigenvalue weighted by Crippen LogP contribution is -2.39. The predicted octanol–water partition coefficient (Wildman–Crippen LogP) is 5.29. The summed E-state index contributed by atoms with van der Waals surface area (Å²) in [6, 6.07) is 11.2. The summed E-state index contributed by atoms with van der Waals surface area (Å²) in [4.78, 5) is 13.6. The Morgan fingerprint density at radius 2 is 1.90 bits per heavy atom. The molecule has 0 aliphatic carbocycles. The van der Waals surface area contributed by atoms with Crippen molar-refractivity contribution < 1.29 is 19.4 Å². The maximum atomic E-state index is 11.4. The third-order valence-electron chi connectivity index (χ3n) is 5.30. The van der Waals surface area contributed by atoms with Crippen LogP contribution in [0.15, 0.2) is 36.4 Å². The Balaban J connectivity index is 2.00. The van der Waals surface area contributed by atoms with Gasteiger partial charge in [-0.25, -0.2) is 0 Å². The van der Waals surface area contributed by atoms with Gasteiger partial charge in [-0.3, -0.25) is 9.69 Å². The molecule has 1 aliphatic rings. The molecule has 5 nitrogen and oxygen atoms in total. The zero-order chi connectivity index (χ0) is 21.0. The standard InChI is InChI=1S/C22H25Cl2NO4/c1-3-29-19-7-4-15(12-20(19)28-2)21(17-6-5-16(23)13-18(17)24)25-10-8-14(9-11-25)22(26)27/h4-7,12-14,21H,3,8-11H2,1-2H3,(H,26,27). The maximum Gasteiger partial charge on any atom is 0.306 e. The number of nitrogens with zero attached hydrogens (tertiary/aromatic N) is 1. The van der Waals surface area contributed by atoms with Crippen molar-refractivity contribution in [2.24, 2.45) is 5.92 Å². The van der Waals surface area contributed by atoms with Gasteiger partial charge in [-0.15, -0.1) is 0 Å². The van der Waals surface area contributed by atoms with Gasteiger partial charge in [-0.05, 0) is 68.2 Å². The van der Waals surface area contributed by atoms with E-state index in [0.717, 1.165) is 11.1 Å². The van der Waals surface area contributed by atoms with Crippen LogP contribution in [-0.4, -0.2) is 42.8 Å². The number of benzene rings is 2. The molecule has 3 rings (SSSR count). The van der Waals surface area contributed by atoms with Gasteiger partial charge in [-0.2, -0.15) is 0 Å². The second kappa shape index (κ2) is 9.70. The summed E-state index contributed by atoms with van der Waals surface area (Å²) < 4.78 is 11.2. The average molecular weight is 438 g/mol. The minimum Gasteiger partial charge on any atom is -0.493 e. The van der Waals surface area contributed by atoms with Crippen LogP contribution >= 0.6 is 23.2 Å². The van der Waals surface area contributed by atoms with Crippen molar-refractivity contribution in [3.8, 4) is 11.5 Å². The smallest absolute Gasteiger partial charge is 0.306 e. The van der Waals surface area contributed by atoms with Gasteiger partial charge >= 0.3 is 5.97 Å². The van der Waals surface area contributed by atoms with Crippen LogP contribution in [0.25, 0.3) is 0 Å². The molecule has 0 bridgehead atoms. The molecular formula is C22H25Cl2NO4. The molecular weight excluding hydrogens is 413 g/mol. The SMILES string of the molecule is CCOc1ccc(C(c2ccc(Cl)cc2Cl)N2CCC(C(=O)O)CC2)cc1OC. The molecule has 2 aromatic rings. The van der Waals surface area contributed by atoms with Crippen LogP contribution in [0.2, 0.25) is 10.0 Å². The van der Waals surface area contributed by atoms with Crippen molar-refractivity contribution in [2.75, 3.05) is 26.8 Å². The number of carbonyl (C=O) groups is 1. The Bertz CT molecular complexity index is 866. The van der Waals surface area contributed by atoms with Crippen LogP contribution in [-0.2, 0) is 4.79 Å². The second-order valence-electron chi connectivity index (χ2n) is 7.06. The highest BCUT2D eigenvalue weighted by Crippen LogP contribution is 2.40. The lowest BCUT2D eigenvalue weighted by atomic mass is 9.91. The van der Waals surface area contributed by atoms with E-state index in [1.165, 1.54) is 0 Å². The number of aliphatic carboxylic acids is 1. The van der Waals surface area contributed by atoms with Gasteiger partial charge < -0.3 is 14.6 Å². The molecule has 2 aromatic carbocycles. The highest BCUT2D eigenvalue weighted by atomic mass is 35.5. The zero-order valence-corrected chi connectivity index (χ0v) is 18.0. The highest BCUT2D eigenvalue weighted by Gasteiger charge is 2.31. The first-order valence-electron chi connectivity index (χ1n) is 9.67. The van der Waals surface area contributed by atoms with Crippen LogP contribution in [0.1, 0.15) is 36.9 Å². The van der Waals surface area contributed by atoms with Gasteiger partial charge in [0, 0.05) is 10.0 Å². The van der Waals surface area contributed by atoms with Crippen molar-refractivity contribution in [1.29, 1.82) is 0 Å². The van der Waals surface area contributed by atoms with E-state index >= 15 is 0 Å². The van der Waals surface area contributed by atoms with Crippen LogP contribution in [0.3, 0.4) is 0 Å². The summed E-state index contributed by atoms with van der Waals surface area (Å²) in [5.74, 6) is 0.306. The number of carboxylic acid groups (broad SMARTS) is 1. The third-order valence-corrected chi connectivity index (χ3v) is 5.87. The molecule has 1 aliphatic heterocycles. The minimum atomic E-state index is -0.728. The Morgan fingerprint density at radius 1 is 1.17 bits per heavy atom. The van der Waals surface area contributed by atoms with Gasteiger partial charge in [0.2, 0.25) is 0 Å². The molecule has 156 valence electrons. The van der Waals surface area contributed by atoms with Crippen molar-refractivity contribution in [3.63, 3.8) is 0 Å². The van der Waals surface area contributed by atoms with Crippen molar-refractivity contribution in [1.82, 2.24) is 4.90 Å². The van der Waals surface area contributed by atoms with E-state index in [4.69, 9.17) is 32.7 Å². The monoisotopic (exact) mass is 437 g/mol. The normalized spacial score (nSPS) is 16.4. The number of carboxylic acids is 1. The van der Waals surface area contributed by atoms with Crippen LogP contribution in [0, 0.1) is 5.92 Å². The Hall–Kier alpha value is -1.95. The number of hydrogen-bond acceptors (Lipinski definition) is 4. The predicted molar refractivity (Wildman–Crippen MR) is 114 cm³/mol. The first-order chi connectivity index (χ1) is 13.9. The molecule has 0 amide bonds. The summed E-state index contributed by atoms with van der Waals surface area (Å²) in [5, 5.41) is 10.5. The molecule has 0 radical (unpaired) electrons. The molecule has 0 aromatic heterocycles. The lowest BCUT2D eigenvalue weighted by Gasteiger charge is -2.37. The second-order valence-corrected chi connectivity index (χ2v) is 7.90. The fourth-order valence-electron chi connectivity index (χ4n) is 3.84. The quantitative estimate of drug-likeness (QED) is 0.637. The Labute approximate surface area is 181 Å². The molecule has 7 heteroatoms. The van der Waals surface area contributed by atoms with E-state index in [0.29, 0.717) is 54.1 Å². The number of ether oxygens (including phenoxy) is 2. The van der Waals surface area contributed by atoms with Gasteiger partial charge in [0.05, 0.1) is 25.7 Å². The van der Waals surface area contributed by atoms with E-state index in [9.17, 15) is 9.90 Å². The number of likely N-dealkylation sites (tertiary alicyclic amines) is 1. The van der Waals surface area contributed by atoms with Crippen molar-refractivity contribution in [3.05, 3.63) is 57.6 Å². The third kappa shape index (κ3) is 4.97.